The van der Waals surface area contributed by atoms with Crippen LogP contribution in [-0.2, 0) is 6.18 Å². The number of rotatable bonds is 6. The number of aliphatic imine (C=N–C) groups is 1. The summed E-state index contributed by atoms with van der Waals surface area (Å²) in [6.07, 6.45) is -6.59. The number of hydrogen-bond acceptors (Lipinski definition) is 7. The molecule has 0 aliphatic carbocycles. The molecule has 14 heteroatoms. The second kappa shape index (κ2) is 10.4. The molecule has 0 saturated carbocycles. The Morgan fingerprint density at radius 1 is 1.14 bits per heavy atom. The van der Waals surface area contributed by atoms with Crippen molar-refractivity contribution in [3.8, 4) is 0 Å². The summed E-state index contributed by atoms with van der Waals surface area (Å²) < 4.78 is 91.8. The molecule has 0 atom stereocenters. The summed E-state index contributed by atoms with van der Waals surface area (Å²) in [4.78, 5) is 20.8. The standard InChI is InChI=1S/C21H20F7N7/c1-3-4-15(30-12(2)20(23,24)25)17-32-18(31-14-5-8-29-16(11-14)21(26,27)28)34-19(33-17)35-9-6-13(22)7-10-35/h3-5,8,11,13H,2,6-7,9-10H2,1H3,(H,29,31,32,33,34)/b4-3-,30-15?. The van der Waals surface area contributed by atoms with Gasteiger partial charge in [0.15, 0.2) is 5.82 Å². The van der Waals surface area contributed by atoms with E-state index in [0.717, 1.165) is 12.3 Å². The van der Waals surface area contributed by atoms with Gasteiger partial charge in [-0.25, -0.2) is 9.38 Å². The Labute approximate surface area is 195 Å². The van der Waals surface area contributed by atoms with E-state index in [1.54, 1.807) is 4.90 Å². The van der Waals surface area contributed by atoms with Gasteiger partial charge in [-0.2, -0.15) is 41.3 Å². The van der Waals surface area contributed by atoms with Gasteiger partial charge in [0.25, 0.3) is 0 Å². The van der Waals surface area contributed by atoms with Crippen LogP contribution in [0.3, 0.4) is 0 Å². The highest BCUT2D eigenvalue weighted by Gasteiger charge is 2.33. The number of aromatic nitrogens is 4. The summed E-state index contributed by atoms with van der Waals surface area (Å²) in [5, 5.41) is 2.60. The Morgan fingerprint density at radius 3 is 2.43 bits per heavy atom. The van der Waals surface area contributed by atoms with Gasteiger partial charge < -0.3 is 10.2 Å². The van der Waals surface area contributed by atoms with Crippen molar-refractivity contribution in [2.24, 2.45) is 4.99 Å². The van der Waals surface area contributed by atoms with Gasteiger partial charge in [0.05, 0.1) is 0 Å². The van der Waals surface area contributed by atoms with Crippen molar-refractivity contribution in [3.05, 3.63) is 54.3 Å². The third-order valence-corrected chi connectivity index (χ3v) is 4.77. The molecule has 0 amide bonds. The van der Waals surface area contributed by atoms with Gasteiger partial charge in [-0.1, -0.05) is 12.7 Å². The second-order valence-electron chi connectivity index (χ2n) is 7.44. The number of piperidine rings is 1. The van der Waals surface area contributed by atoms with E-state index in [-0.39, 0.29) is 55.1 Å². The lowest BCUT2D eigenvalue weighted by atomic mass is 10.1. The molecule has 0 bridgehead atoms. The molecule has 0 unspecified atom stereocenters. The maximum absolute atomic E-state index is 13.6. The highest BCUT2D eigenvalue weighted by molar-refractivity contribution is 6.06. The molecule has 35 heavy (non-hydrogen) atoms. The first-order chi connectivity index (χ1) is 16.4. The summed E-state index contributed by atoms with van der Waals surface area (Å²) in [7, 11) is 0. The molecule has 1 aliphatic heterocycles. The van der Waals surface area contributed by atoms with Crippen molar-refractivity contribution in [1.82, 2.24) is 19.9 Å². The van der Waals surface area contributed by atoms with Crippen LogP contribution in [0.15, 0.2) is 47.7 Å². The number of hydrogen-bond donors (Lipinski definition) is 1. The lowest BCUT2D eigenvalue weighted by Gasteiger charge is -2.28. The first kappa shape index (κ1) is 26.0. The normalized spacial score (nSPS) is 16.1. The second-order valence-corrected chi connectivity index (χ2v) is 7.44. The Morgan fingerprint density at radius 2 is 1.83 bits per heavy atom. The molecule has 2 aromatic rings. The average molecular weight is 503 g/mol. The minimum Gasteiger partial charge on any atom is -0.340 e. The van der Waals surface area contributed by atoms with E-state index in [9.17, 15) is 30.7 Å². The van der Waals surface area contributed by atoms with Crippen LogP contribution in [0.4, 0.5) is 48.3 Å². The maximum Gasteiger partial charge on any atom is 0.433 e. The van der Waals surface area contributed by atoms with Crippen molar-refractivity contribution in [2.75, 3.05) is 23.3 Å². The van der Waals surface area contributed by atoms with E-state index >= 15 is 0 Å². The highest BCUT2D eigenvalue weighted by Crippen LogP contribution is 2.30. The molecule has 188 valence electrons. The molecular formula is C21H20F7N7. The van der Waals surface area contributed by atoms with Gasteiger partial charge in [-0.05, 0) is 38.0 Å². The summed E-state index contributed by atoms with van der Waals surface area (Å²) >= 11 is 0. The molecule has 3 rings (SSSR count). The van der Waals surface area contributed by atoms with Crippen LogP contribution < -0.4 is 10.2 Å². The third kappa shape index (κ3) is 6.96. The molecule has 2 aromatic heterocycles. The molecule has 0 aromatic carbocycles. The van der Waals surface area contributed by atoms with Gasteiger partial charge in [0.2, 0.25) is 11.9 Å². The quantitative estimate of drug-likeness (QED) is 0.420. The monoisotopic (exact) mass is 503 g/mol. The summed E-state index contributed by atoms with van der Waals surface area (Å²) in [5.41, 5.74) is -2.93. The van der Waals surface area contributed by atoms with Gasteiger partial charge in [-0.15, -0.1) is 0 Å². The molecular weight excluding hydrogens is 483 g/mol. The Balaban J connectivity index is 2.06. The van der Waals surface area contributed by atoms with Crippen molar-refractivity contribution in [1.29, 1.82) is 0 Å². The van der Waals surface area contributed by atoms with Gasteiger partial charge >= 0.3 is 12.4 Å². The number of anilines is 3. The number of nitrogens with zero attached hydrogens (tertiary/aromatic N) is 6. The molecule has 1 fully saturated rings. The molecule has 1 N–H and O–H groups in total. The minimum atomic E-state index is -4.81. The molecule has 0 spiro atoms. The van der Waals surface area contributed by atoms with Crippen molar-refractivity contribution in [2.45, 2.75) is 38.3 Å². The molecule has 1 saturated heterocycles. The fourth-order valence-corrected chi connectivity index (χ4v) is 3.05. The molecule has 7 nitrogen and oxygen atoms in total. The van der Waals surface area contributed by atoms with Crippen LogP contribution in [0.5, 0.6) is 0 Å². The summed E-state index contributed by atoms with van der Waals surface area (Å²) in [6, 6.07) is 1.96. The lowest BCUT2D eigenvalue weighted by Crippen LogP contribution is -2.36. The zero-order valence-corrected chi connectivity index (χ0v) is 18.3. The first-order valence-corrected chi connectivity index (χ1v) is 10.3. The van der Waals surface area contributed by atoms with Crippen LogP contribution >= 0.6 is 0 Å². The smallest absolute Gasteiger partial charge is 0.340 e. The Bertz CT molecular complexity index is 1120. The third-order valence-electron chi connectivity index (χ3n) is 4.77. The number of pyridine rings is 1. The topological polar surface area (TPSA) is 79.2 Å². The zero-order chi connectivity index (χ0) is 25.8. The SMILES string of the molecule is C=C(N=C(/C=C\C)c1nc(Nc2ccnc(C(F)(F)F)c2)nc(N2CCC(F)CC2)n1)C(F)(F)F. The summed E-state index contributed by atoms with van der Waals surface area (Å²) in [6.45, 7) is 4.90. The minimum absolute atomic E-state index is 0.00400. The molecule has 1 aliphatic rings. The van der Waals surface area contributed by atoms with E-state index < -0.39 is 29.9 Å². The average Bonchev–Trinajstić information content (AvgIpc) is 2.78. The molecule has 3 heterocycles. The van der Waals surface area contributed by atoms with E-state index in [1.807, 2.05) is 0 Å². The molecule has 0 radical (unpaired) electrons. The Kier molecular flexibility index (Phi) is 7.70. The van der Waals surface area contributed by atoms with Crippen LogP contribution in [-0.4, -0.2) is 51.1 Å². The largest absolute Gasteiger partial charge is 0.433 e. The van der Waals surface area contributed by atoms with Gasteiger partial charge in [-0.3, -0.25) is 4.98 Å². The number of alkyl halides is 7. The number of allylic oxidation sites excluding steroid dienone is 3. The van der Waals surface area contributed by atoms with Crippen LogP contribution in [0.25, 0.3) is 0 Å². The van der Waals surface area contributed by atoms with Crippen LogP contribution in [0, 0.1) is 0 Å². The predicted molar refractivity (Wildman–Crippen MR) is 115 cm³/mol. The fourth-order valence-electron chi connectivity index (χ4n) is 3.05. The van der Waals surface area contributed by atoms with Gasteiger partial charge in [0.1, 0.15) is 23.3 Å². The van der Waals surface area contributed by atoms with E-state index in [2.05, 4.69) is 36.8 Å². The number of halogens is 7. The van der Waals surface area contributed by atoms with Crippen molar-refractivity contribution >= 4 is 23.3 Å². The highest BCUT2D eigenvalue weighted by atomic mass is 19.4. The predicted octanol–water partition coefficient (Wildman–Crippen LogP) is 5.41. The van der Waals surface area contributed by atoms with Gasteiger partial charge in [0, 0.05) is 25.0 Å². The first-order valence-electron chi connectivity index (χ1n) is 10.3. The van der Waals surface area contributed by atoms with E-state index in [1.165, 1.54) is 25.1 Å². The zero-order valence-electron chi connectivity index (χ0n) is 18.3. The van der Waals surface area contributed by atoms with Crippen molar-refractivity contribution < 1.29 is 30.7 Å². The van der Waals surface area contributed by atoms with Crippen molar-refractivity contribution in [3.63, 3.8) is 0 Å². The van der Waals surface area contributed by atoms with E-state index in [0.29, 0.717) is 0 Å². The van der Waals surface area contributed by atoms with Crippen LogP contribution in [0.1, 0.15) is 31.3 Å². The maximum atomic E-state index is 13.6. The summed E-state index contributed by atoms with van der Waals surface area (Å²) in [5.74, 6) is -0.528. The van der Waals surface area contributed by atoms with Crippen LogP contribution in [0.2, 0.25) is 0 Å². The Hall–Kier alpha value is -3.58. The lowest BCUT2D eigenvalue weighted by molar-refractivity contribution is -0.141. The fraction of sp³-hybridized carbons (Fsp3) is 0.381. The van der Waals surface area contributed by atoms with E-state index in [4.69, 9.17) is 0 Å². The number of nitrogens with one attached hydrogen (secondary N) is 1.